The zero-order valence-electron chi connectivity index (χ0n) is 11.4. The molecule has 0 heterocycles. The number of carbonyl (C=O) groups excluding carboxylic acids is 2. The monoisotopic (exact) mass is 270 g/mol. The number of aliphatic carboxylic acids is 1. The maximum atomic E-state index is 11.7. The maximum absolute atomic E-state index is 11.7. The van der Waals surface area contributed by atoms with Crippen molar-refractivity contribution >= 4 is 17.8 Å². The molecule has 0 aromatic heterocycles. The molecule has 0 saturated heterocycles. The minimum absolute atomic E-state index is 0.00134. The van der Waals surface area contributed by atoms with Crippen LogP contribution in [-0.2, 0) is 14.4 Å². The summed E-state index contributed by atoms with van der Waals surface area (Å²) in [6.45, 7) is 3.69. The normalized spacial score (nSPS) is 12.8. The van der Waals surface area contributed by atoms with Crippen LogP contribution < -0.4 is 11.1 Å². The summed E-state index contributed by atoms with van der Waals surface area (Å²) in [7, 11) is 0. The third-order valence-electron chi connectivity index (χ3n) is 2.65. The Morgan fingerprint density at radius 1 is 1.37 bits per heavy atom. The zero-order valence-corrected chi connectivity index (χ0v) is 11.4. The number of primary amides is 1. The number of hydrogen-bond acceptors (Lipinski definition) is 3. The van der Waals surface area contributed by atoms with Crippen molar-refractivity contribution in [1.82, 2.24) is 5.32 Å². The number of rotatable bonds is 9. The van der Waals surface area contributed by atoms with E-state index in [0.717, 1.165) is 19.3 Å². The second-order valence-corrected chi connectivity index (χ2v) is 4.40. The summed E-state index contributed by atoms with van der Waals surface area (Å²) in [6, 6.07) is -1.09. The number of nitrogens with two attached hydrogens (primary N) is 1. The van der Waals surface area contributed by atoms with Gasteiger partial charge in [-0.15, -0.1) is 0 Å². The molecule has 108 valence electrons. The van der Waals surface area contributed by atoms with Gasteiger partial charge in [-0.05, 0) is 19.8 Å². The number of carboxylic acid groups (broad SMARTS) is 1. The molecule has 0 unspecified atom stereocenters. The molecular formula is C13H22N2O4. The van der Waals surface area contributed by atoms with E-state index in [-0.39, 0.29) is 12.8 Å². The van der Waals surface area contributed by atoms with Gasteiger partial charge in [0.25, 0.3) is 0 Å². The first-order chi connectivity index (χ1) is 8.88. The lowest BCUT2D eigenvalue weighted by molar-refractivity contribution is -0.141. The summed E-state index contributed by atoms with van der Waals surface area (Å²) in [5.41, 5.74) is 5.44. The maximum Gasteiger partial charge on any atom is 0.326 e. The Bertz CT molecular complexity index is 364. The van der Waals surface area contributed by atoms with Gasteiger partial charge >= 0.3 is 5.97 Å². The Kier molecular flexibility index (Phi) is 8.24. The van der Waals surface area contributed by atoms with Crippen molar-refractivity contribution in [2.45, 2.75) is 52.0 Å². The van der Waals surface area contributed by atoms with E-state index in [1.54, 1.807) is 13.0 Å². The highest BCUT2D eigenvalue weighted by Crippen LogP contribution is 2.03. The first-order valence-electron chi connectivity index (χ1n) is 6.37. The van der Waals surface area contributed by atoms with Gasteiger partial charge in [0.05, 0.1) is 0 Å². The Hall–Kier alpha value is -1.85. The predicted molar refractivity (Wildman–Crippen MR) is 71.3 cm³/mol. The molecule has 1 atom stereocenters. The molecule has 0 spiro atoms. The lowest BCUT2D eigenvalue weighted by atomic mass is 10.1. The number of carbonyl (C=O) groups is 3. The van der Waals surface area contributed by atoms with Crippen LogP contribution in [0.15, 0.2) is 11.6 Å². The van der Waals surface area contributed by atoms with E-state index in [4.69, 9.17) is 10.8 Å². The van der Waals surface area contributed by atoms with Crippen LogP contribution in [0.25, 0.3) is 0 Å². The summed E-state index contributed by atoms with van der Waals surface area (Å²) in [5.74, 6) is -2.18. The average Bonchev–Trinajstić information content (AvgIpc) is 2.33. The van der Waals surface area contributed by atoms with E-state index in [1.165, 1.54) is 0 Å². The molecule has 0 aliphatic rings. The molecule has 0 aliphatic heterocycles. The van der Waals surface area contributed by atoms with E-state index in [2.05, 4.69) is 5.32 Å². The smallest absolute Gasteiger partial charge is 0.326 e. The summed E-state index contributed by atoms with van der Waals surface area (Å²) >= 11 is 0. The number of hydrogen-bond donors (Lipinski definition) is 3. The van der Waals surface area contributed by atoms with Gasteiger partial charge in [-0.3, -0.25) is 9.59 Å². The minimum Gasteiger partial charge on any atom is -0.480 e. The number of amides is 2. The van der Waals surface area contributed by atoms with Crippen LogP contribution in [0.3, 0.4) is 0 Å². The predicted octanol–water partition coefficient (Wildman–Crippen LogP) is 0.958. The van der Waals surface area contributed by atoms with Gasteiger partial charge in [-0.25, -0.2) is 4.79 Å². The van der Waals surface area contributed by atoms with Crippen molar-refractivity contribution in [2.24, 2.45) is 5.73 Å². The Morgan fingerprint density at radius 3 is 2.47 bits per heavy atom. The summed E-state index contributed by atoms with van der Waals surface area (Å²) in [6.07, 6.45) is 4.51. The van der Waals surface area contributed by atoms with Gasteiger partial charge in [0.15, 0.2) is 0 Å². The minimum atomic E-state index is -1.17. The molecule has 0 saturated carbocycles. The quantitative estimate of drug-likeness (QED) is 0.428. The molecule has 0 rings (SSSR count). The number of nitrogens with one attached hydrogen (secondary N) is 1. The first-order valence-corrected chi connectivity index (χ1v) is 6.37. The van der Waals surface area contributed by atoms with E-state index >= 15 is 0 Å². The third kappa shape index (κ3) is 7.96. The molecule has 0 radical (unpaired) electrons. The summed E-state index contributed by atoms with van der Waals surface area (Å²) in [5, 5.41) is 11.3. The van der Waals surface area contributed by atoms with Crippen LogP contribution in [0.4, 0.5) is 0 Å². The molecule has 0 aromatic rings. The van der Waals surface area contributed by atoms with Gasteiger partial charge in [0.1, 0.15) is 6.04 Å². The molecule has 19 heavy (non-hydrogen) atoms. The van der Waals surface area contributed by atoms with Crippen molar-refractivity contribution in [3.63, 3.8) is 0 Å². The van der Waals surface area contributed by atoms with Gasteiger partial charge < -0.3 is 16.2 Å². The highest BCUT2D eigenvalue weighted by Gasteiger charge is 2.20. The molecule has 0 bridgehead atoms. The fourth-order valence-corrected chi connectivity index (χ4v) is 1.43. The molecule has 4 N–H and O–H groups in total. The van der Waals surface area contributed by atoms with Crippen molar-refractivity contribution in [2.75, 3.05) is 0 Å². The van der Waals surface area contributed by atoms with Crippen LogP contribution in [0.5, 0.6) is 0 Å². The second-order valence-electron chi connectivity index (χ2n) is 4.40. The fraction of sp³-hybridized carbons (Fsp3) is 0.615. The van der Waals surface area contributed by atoms with Gasteiger partial charge in [0, 0.05) is 12.0 Å². The average molecular weight is 270 g/mol. The topological polar surface area (TPSA) is 109 Å². The van der Waals surface area contributed by atoms with E-state index in [9.17, 15) is 14.4 Å². The molecule has 0 aliphatic carbocycles. The Balaban J connectivity index is 4.41. The van der Waals surface area contributed by atoms with Crippen molar-refractivity contribution in [3.05, 3.63) is 11.6 Å². The number of unbranched alkanes of at least 4 members (excludes halogenated alkanes) is 2. The SMILES string of the molecule is CCCCC=C(C)C(=O)N[C@@H](CCC(N)=O)C(=O)O. The second kappa shape index (κ2) is 9.13. The molecule has 0 fully saturated rings. The summed E-state index contributed by atoms with van der Waals surface area (Å²) in [4.78, 5) is 33.3. The highest BCUT2D eigenvalue weighted by atomic mass is 16.4. The first kappa shape index (κ1) is 17.2. The Labute approximate surface area is 113 Å². The van der Waals surface area contributed by atoms with Gasteiger partial charge in [0.2, 0.25) is 11.8 Å². The number of carboxylic acids is 1. The fourth-order valence-electron chi connectivity index (χ4n) is 1.43. The number of allylic oxidation sites excluding steroid dienone is 1. The van der Waals surface area contributed by atoms with Crippen LogP contribution in [0, 0.1) is 0 Å². The van der Waals surface area contributed by atoms with Crippen LogP contribution in [-0.4, -0.2) is 28.9 Å². The van der Waals surface area contributed by atoms with E-state index in [0.29, 0.717) is 5.57 Å². The van der Waals surface area contributed by atoms with E-state index in [1.807, 2.05) is 6.92 Å². The van der Waals surface area contributed by atoms with Crippen LogP contribution in [0.2, 0.25) is 0 Å². The van der Waals surface area contributed by atoms with Crippen molar-refractivity contribution in [3.8, 4) is 0 Å². The lowest BCUT2D eigenvalue weighted by Gasteiger charge is -2.13. The lowest BCUT2D eigenvalue weighted by Crippen LogP contribution is -2.41. The van der Waals surface area contributed by atoms with E-state index < -0.39 is 23.8 Å². The molecule has 0 aromatic carbocycles. The standard InChI is InChI=1S/C13H22N2O4/c1-3-4-5-6-9(2)12(17)15-10(13(18)19)7-8-11(14)16/h6,10H,3-5,7-8H2,1-2H3,(H2,14,16)(H,15,17)(H,18,19)/t10-/m0/s1. The van der Waals surface area contributed by atoms with Gasteiger partial charge in [-0.1, -0.05) is 25.8 Å². The van der Waals surface area contributed by atoms with Crippen molar-refractivity contribution < 1.29 is 19.5 Å². The third-order valence-corrected chi connectivity index (χ3v) is 2.65. The largest absolute Gasteiger partial charge is 0.480 e. The van der Waals surface area contributed by atoms with Crippen molar-refractivity contribution in [1.29, 1.82) is 0 Å². The Morgan fingerprint density at radius 2 is 2.00 bits per heavy atom. The molecule has 2 amide bonds. The zero-order chi connectivity index (χ0) is 14.8. The summed E-state index contributed by atoms with van der Waals surface area (Å²) < 4.78 is 0. The molecular weight excluding hydrogens is 248 g/mol. The van der Waals surface area contributed by atoms with Crippen LogP contribution in [0.1, 0.15) is 46.0 Å². The van der Waals surface area contributed by atoms with Crippen LogP contribution >= 0.6 is 0 Å². The molecule has 6 nitrogen and oxygen atoms in total. The highest BCUT2D eigenvalue weighted by molar-refractivity contribution is 5.95. The van der Waals surface area contributed by atoms with Gasteiger partial charge in [-0.2, -0.15) is 0 Å². The molecule has 6 heteroatoms.